The smallest absolute Gasteiger partial charge is 0.152 e. The molecular formula is C15H10ClFN2O. The highest BCUT2D eigenvalue weighted by Crippen LogP contribution is 2.30. The molecule has 3 rings (SSSR count). The third-order valence-corrected chi connectivity index (χ3v) is 3.49. The van der Waals surface area contributed by atoms with Crippen LogP contribution in [0, 0.1) is 12.7 Å². The van der Waals surface area contributed by atoms with E-state index in [1.807, 2.05) is 0 Å². The van der Waals surface area contributed by atoms with Gasteiger partial charge in [-0.3, -0.25) is 9.20 Å². The van der Waals surface area contributed by atoms with Crippen LogP contribution in [0.25, 0.3) is 16.8 Å². The number of nitrogens with zero attached hydrogens (tertiary/aromatic N) is 2. The standard InChI is InChI=1S/C15H10ClFN2O/c1-9-18-7-14-13(16)6-11(8-20)15(19(9)14)10-3-2-4-12(17)5-10/h2-8H,1H3. The molecule has 20 heavy (non-hydrogen) atoms. The van der Waals surface area contributed by atoms with Gasteiger partial charge in [-0.25, -0.2) is 9.37 Å². The van der Waals surface area contributed by atoms with Crippen LogP contribution in [0.15, 0.2) is 36.5 Å². The van der Waals surface area contributed by atoms with Gasteiger partial charge in [0.1, 0.15) is 11.6 Å². The number of rotatable bonds is 2. The van der Waals surface area contributed by atoms with E-state index in [2.05, 4.69) is 4.98 Å². The summed E-state index contributed by atoms with van der Waals surface area (Å²) in [4.78, 5) is 15.5. The van der Waals surface area contributed by atoms with Crippen LogP contribution in [0.5, 0.6) is 0 Å². The van der Waals surface area contributed by atoms with E-state index in [0.29, 0.717) is 39.5 Å². The molecule has 0 N–H and O–H groups in total. The van der Waals surface area contributed by atoms with Crippen LogP contribution in [0.3, 0.4) is 0 Å². The molecule has 0 spiro atoms. The van der Waals surface area contributed by atoms with Gasteiger partial charge >= 0.3 is 0 Å². The van der Waals surface area contributed by atoms with Gasteiger partial charge in [-0.15, -0.1) is 0 Å². The normalized spacial score (nSPS) is 10.9. The average Bonchev–Trinajstić information content (AvgIpc) is 2.81. The van der Waals surface area contributed by atoms with Gasteiger partial charge in [-0.1, -0.05) is 23.7 Å². The first kappa shape index (κ1) is 12.8. The minimum atomic E-state index is -0.361. The van der Waals surface area contributed by atoms with Crippen molar-refractivity contribution in [2.24, 2.45) is 0 Å². The van der Waals surface area contributed by atoms with E-state index < -0.39 is 0 Å². The Bertz CT molecular complexity index is 826. The first-order chi connectivity index (χ1) is 9.61. The van der Waals surface area contributed by atoms with E-state index in [1.165, 1.54) is 12.1 Å². The first-order valence-electron chi connectivity index (χ1n) is 5.99. The van der Waals surface area contributed by atoms with Gasteiger partial charge in [0.15, 0.2) is 6.29 Å². The summed E-state index contributed by atoms with van der Waals surface area (Å²) in [5.74, 6) is 0.324. The Morgan fingerprint density at radius 1 is 1.35 bits per heavy atom. The molecule has 0 bridgehead atoms. The van der Waals surface area contributed by atoms with E-state index in [0.717, 1.165) is 0 Å². The number of carbonyl (C=O) groups is 1. The molecule has 0 aliphatic carbocycles. The molecule has 0 fully saturated rings. The third-order valence-electron chi connectivity index (χ3n) is 3.19. The molecule has 0 aliphatic rings. The second-order valence-corrected chi connectivity index (χ2v) is 4.86. The minimum Gasteiger partial charge on any atom is -0.298 e. The van der Waals surface area contributed by atoms with Crippen molar-refractivity contribution in [3.8, 4) is 11.3 Å². The Balaban J connectivity index is 2.47. The van der Waals surface area contributed by atoms with Crippen molar-refractivity contribution < 1.29 is 9.18 Å². The van der Waals surface area contributed by atoms with Crippen molar-refractivity contribution in [2.75, 3.05) is 0 Å². The van der Waals surface area contributed by atoms with E-state index >= 15 is 0 Å². The fourth-order valence-corrected chi connectivity index (χ4v) is 2.58. The summed E-state index contributed by atoms with van der Waals surface area (Å²) in [6.45, 7) is 1.81. The number of pyridine rings is 1. The second-order valence-electron chi connectivity index (χ2n) is 4.45. The zero-order chi connectivity index (χ0) is 14.3. The van der Waals surface area contributed by atoms with Crippen LogP contribution in [-0.2, 0) is 0 Å². The predicted octanol–water partition coefficient (Wildman–Crippen LogP) is 3.91. The number of aromatic nitrogens is 2. The van der Waals surface area contributed by atoms with Gasteiger partial charge < -0.3 is 0 Å². The zero-order valence-electron chi connectivity index (χ0n) is 10.6. The Labute approximate surface area is 119 Å². The highest BCUT2D eigenvalue weighted by molar-refractivity contribution is 6.34. The molecular weight excluding hydrogens is 279 g/mol. The van der Waals surface area contributed by atoms with Crippen LogP contribution >= 0.6 is 11.6 Å². The summed E-state index contributed by atoms with van der Waals surface area (Å²) in [7, 11) is 0. The molecule has 2 heterocycles. The molecule has 0 aliphatic heterocycles. The monoisotopic (exact) mass is 288 g/mol. The number of aldehydes is 1. The van der Waals surface area contributed by atoms with Gasteiger partial charge in [0, 0.05) is 11.1 Å². The lowest BCUT2D eigenvalue weighted by Crippen LogP contribution is -2.00. The number of carbonyl (C=O) groups excluding carboxylic acids is 1. The molecule has 0 radical (unpaired) electrons. The fourth-order valence-electron chi connectivity index (χ4n) is 2.32. The van der Waals surface area contributed by atoms with Crippen molar-refractivity contribution in [1.29, 1.82) is 0 Å². The fraction of sp³-hybridized carbons (Fsp3) is 0.0667. The zero-order valence-corrected chi connectivity index (χ0v) is 11.4. The van der Waals surface area contributed by atoms with Crippen molar-refractivity contribution in [3.63, 3.8) is 0 Å². The Morgan fingerprint density at radius 3 is 2.85 bits per heavy atom. The number of benzene rings is 1. The molecule has 0 saturated carbocycles. The number of hydrogen-bond donors (Lipinski definition) is 0. The van der Waals surface area contributed by atoms with Gasteiger partial charge in [0.05, 0.1) is 22.4 Å². The molecule has 0 atom stereocenters. The van der Waals surface area contributed by atoms with Gasteiger partial charge in [-0.05, 0) is 25.1 Å². The third kappa shape index (κ3) is 1.89. The molecule has 2 aromatic heterocycles. The van der Waals surface area contributed by atoms with E-state index in [4.69, 9.17) is 11.6 Å². The summed E-state index contributed by atoms with van der Waals surface area (Å²) in [6, 6.07) is 7.67. The van der Waals surface area contributed by atoms with E-state index in [9.17, 15) is 9.18 Å². The van der Waals surface area contributed by atoms with Gasteiger partial charge in [0.25, 0.3) is 0 Å². The Hall–Kier alpha value is -2.20. The molecule has 0 amide bonds. The second kappa shape index (κ2) is 4.72. The van der Waals surface area contributed by atoms with Crippen LogP contribution in [0.1, 0.15) is 16.2 Å². The number of imidazole rings is 1. The lowest BCUT2D eigenvalue weighted by Gasteiger charge is -2.12. The lowest BCUT2D eigenvalue weighted by atomic mass is 10.1. The van der Waals surface area contributed by atoms with E-state index in [1.54, 1.807) is 35.7 Å². The summed E-state index contributed by atoms with van der Waals surface area (Å²) in [5.41, 5.74) is 2.28. The molecule has 0 unspecified atom stereocenters. The molecule has 3 nitrogen and oxygen atoms in total. The SMILES string of the molecule is Cc1ncc2c(Cl)cc(C=O)c(-c3cccc(F)c3)n12. The maximum absolute atomic E-state index is 13.5. The Kier molecular flexibility index (Phi) is 3.03. The predicted molar refractivity (Wildman–Crippen MR) is 75.7 cm³/mol. The van der Waals surface area contributed by atoms with Gasteiger partial charge in [-0.2, -0.15) is 0 Å². The van der Waals surface area contributed by atoms with Crippen LogP contribution in [-0.4, -0.2) is 15.7 Å². The average molecular weight is 289 g/mol. The van der Waals surface area contributed by atoms with Gasteiger partial charge in [0.2, 0.25) is 0 Å². The number of hydrogen-bond acceptors (Lipinski definition) is 2. The largest absolute Gasteiger partial charge is 0.298 e. The molecule has 1 aromatic carbocycles. The highest BCUT2D eigenvalue weighted by Gasteiger charge is 2.15. The number of halogens is 2. The summed E-state index contributed by atoms with van der Waals surface area (Å²) in [6.07, 6.45) is 2.35. The minimum absolute atomic E-state index is 0.361. The summed E-state index contributed by atoms with van der Waals surface area (Å²) >= 11 is 6.15. The summed E-state index contributed by atoms with van der Waals surface area (Å²) < 4.78 is 15.2. The van der Waals surface area contributed by atoms with Crippen LogP contribution in [0.2, 0.25) is 5.02 Å². The van der Waals surface area contributed by atoms with Crippen molar-refractivity contribution in [3.05, 3.63) is 58.8 Å². The van der Waals surface area contributed by atoms with Crippen molar-refractivity contribution in [1.82, 2.24) is 9.38 Å². The van der Waals surface area contributed by atoms with Crippen LogP contribution in [0.4, 0.5) is 4.39 Å². The molecule has 100 valence electrons. The number of aryl methyl sites for hydroxylation is 1. The maximum atomic E-state index is 13.5. The molecule has 3 aromatic rings. The van der Waals surface area contributed by atoms with Crippen LogP contribution < -0.4 is 0 Å². The number of fused-ring (bicyclic) bond motifs is 1. The summed E-state index contributed by atoms with van der Waals surface area (Å²) in [5, 5.41) is 0.438. The molecule has 0 saturated heterocycles. The quantitative estimate of drug-likeness (QED) is 0.670. The first-order valence-corrected chi connectivity index (χ1v) is 6.37. The topological polar surface area (TPSA) is 34.4 Å². The lowest BCUT2D eigenvalue weighted by molar-refractivity contribution is 0.112. The van der Waals surface area contributed by atoms with Crippen molar-refractivity contribution in [2.45, 2.75) is 6.92 Å². The molecule has 5 heteroatoms. The highest BCUT2D eigenvalue weighted by atomic mass is 35.5. The maximum Gasteiger partial charge on any atom is 0.152 e. The van der Waals surface area contributed by atoms with Crippen molar-refractivity contribution >= 4 is 23.4 Å². The Morgan fingerprint density at radius 2 is 2.15 bits per heavy atom. The van der Waals surface area contributed by atoms with E-state index in [-0.39, 0.29) is 5.82 Å².